The van der Waals surface area contributed by atoms with Crippen LogP contribution in [-0.2, 0) is 0 Å². The van der Waals surface area contributed by atoms with Crippen LogP contribution in [0.15, 0.2) is 18.2 Å². The quantitative estimate of drug-likeness (QED) is 0.627. The molecule has 0 aliphatic rings. The first-order chi connectivity index (χ1) is 9.63. The number of rotatable bonds is 5. The molecule has 0 aromatic heterocycles. The van der Waals surface area contributed by atoms with Crippen LogP contribution < -0.4 is 10.6 Å². The van der Waals surface area contributed by atoms with Crippen LogP contribution in [0.25, 0.3) is 0 Å². The molecule has 116 valence electrons. The molecular weight excluding hydrogens is 272 g/mol. The number of carbonyl (C=O) groups excluding carboxylic acids is 1. The third-order valence-electron chi connectivity index (χ3n) is 3.76. The van der Waals surface area contributed by atoms with Crippen molar-refractivity contribution in [1.82, 2.24) is 5.32 Å². The fourth-order valence-electron chi connectivity index (χ4n) is 1.45. The SMILES string of the molecule is CC(C)C(C)(C)CNC(=O)Nc1ccc(C(=O)O)cc1O. The van der Waals surface area contributed by atoms with Crippen LogP contribution in [0.4, 0.5) is 10.5 Å². The molecule has 0 fully saturated rings. The number of phenolic OH excluding ortho intramolecular Hbond substituents is 1. The van der Waals surface area contributed by atoms with Gasteiger partial charge in [-0.15, -0.1) is 0 Å². The molecule has 0 saturated carbocycles. The lowest BCUT2D eigenvalue weighted by Gasteiger charge is -2.29. The second-order valence-electron chi connectivity index (χ2n) is 5.99. The van der Waals surface area contributed by atoms with Gasteiger partial charge in [-0.1, -0.05) is 27.7 Å². The molecule has 2 amide bonds. The van der Waals surface area contributed by atoms with Crippen LogP contribution in [0.1, 0.15) is 38.1 Å². The Morgan fingerprint density at radius 3 is 2.38 bits per heavy atom. The van der Waals surface area contributed by atoms with E-state index in [1.54, 1.807) is 0 Å². The van der Waals surface area contributed by atoms with E-state index in [1.807, 2.05) is 0 Å². The van der Waals surface area contributed by atoms with Gasteiger partial charge in [0.15, 0.2) is 0 Å². The van der Waals surface area contributed by atoms with E-state index in [4.69, 9.17) is 5.11 Å². The maximum Gasteiger partial charge on any atom is 0.335 e. The Kier molecular flexibility index (Phi) is 5.18. The predicted octanol–water partition coefficient (Wildman–Crippen LogP) is 2.89. The Morgan fingerprint density at radius 2 is 1.90 bits per heavy atom. The minimum absolute atomic E-state index is 0.0422. The lowest BCUT2D eigenvalue weighted by atomic mass is 9.81. The molecule has 0 unspecified atom stereocenters. The Morgan fingerprint density at radius 1 is 1.29 bits per heavy atom. The molecule has 0 bridgehead atoms. The van der Waals surface area contributed by atoms with Crippen LogP contribution in [-0.4, -0.2) is 28.8 Å². The molecule has 1 rings (SSSR count). The number of benzene rings is 1. The molecular formula is C15H22N2O4. The van der Waals surface area contributed by atoms with E-state index in [0.29, 0.717) is 12.5 Å². The number of nitrogens with one attached hydrogen (secondary N) is 2. The van der Waals surface area contributed by atoms with Gasteiger partial charge in [0, 0.05) is 6.54 Å². The van der Waals surface area contributed by atoms with Gasteiger partial charge >= 0.3 is 12.0 Å². The number of aromatic hydroxyl groups is 1. The number of hydrogen-bond donors (Lipinski definition) is 4. The van der Waals surface area contributed by atoms with Crippen molar-refractivity contribution in [2.24, 2.45) is 11.3 Å². The topological polar surface area (TPSA) is 98.7 Å². The minimum atomic E-state index is -1.14. The first kappa shape index (κ1) is 16.8. The zero-order valence-corrected chi connectivity index (χ0v) is 12.7. The molecule has 0 spiro atoms. The zero-order chi connectivity index (χ0) is 16.2. The number of hydrogen-bond acceptors (Lipinski definition) is 3. The maximum absolute atomic E-state index is 11.8. The normalized spacial score (nSPS) is 11.3. The first-order valence-electron chi connectivity index (χ1n) is 6.74. The van der Waals surface area contributed by atoms with Crippen molar-refractivity contribution >= 4 is 17.7 Å². The van der Waals surface area contributed by atoms with Gasteiger partial charge in [0.25, 0.3) is 0 Å². The molecule has 0 atom stereocenters. The van der Waals surface area contributed by atoms with Crippen molar-refractivity contribution < 1.29 is 19.8 Å². The average Bonchev–Trinajstić information content (AvgIpc) is 2.38. The van der Waals surface area contributed by atoms with Crippen molar-refractivity contribution in [3.8, 4) is 5.75 Å². The van der Waals surface area contributed by atoms with Crippen molar-refractivity contribution in [3.63, 3.8) is 0 Å². The molecule has 0 aliphatic carbocycles. The fraction of sp³-hybridized carbons (Fsp3) is 0.467. The van der Waals surface area contributed by atoms with Crippen LogP contribution in [0.3, 0.4) is 0 Å². The van der Waals surface area contributed by atoms with E-state index in [1.165, 1.54) is 12.1 Å². The highest BCUT2D eigenvalue weighted by molar-refractivity contribution is 5.93. The molecule has 0 radical (unpaired) electrons. The van der Waals surface area contributed by atoms with Crippen molar-refractivity contribution in [1.29, 1.82) is 0 Å². The third-order valence-corrected chi connectivity index (χ3v) is 3.76. The molecule has 21 heavy (non-hydrogen) atoms. The summed E-state index contributed by atoms with van der Waals surface area (Å²) in [6.45, 7) is 8.75. The maximum atomic E-state index is 11.8. The van der Waals surface area contributed by atoms with Crippen LogP contribution in [0.2, 0.25) is 0 Å². The summed E-state index contributed by atoms with van der Waals surface area (Å²) in [4.78, 5) is 22.6. The smallest absolute Gasteiger partial charge is 0.335 e. The number of urea groups is 1. The van der Waals surface area contributed by atoms with Crippen molar-refractivity contribution in [3.05, 3.63) is 23.8 Å². The van der Waals surface area contributed by atoms with E-state index in [-0.39, 0.29) is 22.4 Å². The summed E-state index contributed by atoms with van der Waals surface area (Å²) in [6, 6.07) is 3.32. The Labute approximate surface area is 124 Å². The van der Waals surface area contributed by atoms with Gasteiger partial charge in [0.2, 0.25) is 0 Å². The van der Waals surface area contributed by atoms with E-state index in [0.717, 1.165) is 6.07 Å². The highest BCUT2D eigenvalue weighted by atomic mass is 16.4. The zero-order valence-electron chi connectivity index (χ0n) is 12.7. The van der Waals surface area contributed by atoms with Gasteiger partial charge in [0.1, 0.15) is 5.75 Å². The summed E-state index contributed by atoms with van der Waals surface area (Å²) < 4.78 is 0. The van der Waals surface area contributed by atoms with E-state index in [9.17, 15) is 14.7 Å². The van der Waals surface area contributed by atoms with Gasteiger partial charge < -0.3 is 20.8 Å². The lowest BCUT2D eigenvalue weighted by Crippen LogP contribution is -2.39. The summed E-state index contributed by atoms with van der Waals surface area (Å²) in [5, 5.41) is 23.7. The second kappa shape index (κ2) is 6.47. The number of aromatic carboxylic acids is 1. The van der Waals surface area contributed by atoms with E-state index in [2.05, 4.69) is 38.3 Å². The summed E-state index contributed by atoms with van der Waals surface area (Å²) in [5.74, 6) is -1.02. The Bertz CT molecular complexity index is 538. The van der Waals surface area contributed by atoms with Crippen LogP contribution in [0, 0.1) is 11.3 Å². The van der Waals surface area contributed by atoms with Gasteiger partial charge in [-0.3, -0.25) is 0 Å². The molecule has 0 saturated heterocycles. The summed E-state index contributed by atoms with van der Waals surface area (Å²) in [7, 11) is 0. The summed E-state index contributed by atoms with van der Waals surface area (Å²) >= 11 is 0. The number of anilines is 1. The Balaban J connectivity index is 2.66. The molecule has 1 aromatic rings. The van der Waals surface area contributed by atoms with E-state index >= 15 is 0 Å². The summed E-state index contributed by atoms with van der Waals surface area (Å²) in [6.07, 6.45) is 0. The standard InChI is InChI=1S/C15H22N2O4/c1-9(2)15(3,4)8-16-14(21)17-11-6-5-10(13(19)20)7-12(11)18/h5-7,9,18H,8H2,1-4H3,(H,19,20)(H2,16,17,21). The lowest BCUT2D eigenvalue weighted by molar-refractivity contribution is 0.0696. The number of carboxylic acids is 1. The van der Waals surface area contributed by atoms with Gasteiger partial charge in [-0.05, 0) is 29.5 Å². The molecule has 0 heterocycles. The number of phenols is 1. The van der Waals surface area contributed by atoms with Crippen LogP contribution >= 0.6 is 0 Å². The Hall–Kier alpha value is -2.24. The number of carboxylic acid groups (broad SMARTS) is 1. The molecule has 6 heteroatoms. The number of carbonyl (C=O) groups is 2. The predicted molar refractivity (Wildman–Crippen MR) is 80.7 cm³/mol. The fourth-order valence-corrected chi connectivity index (χ4v) is 1.45. The molecule has 1 aromatic carbocycles. The van der Waals surface area contributed by atoms with E-state index < -0.39 is 12.0 Å². The van der Waals surface area contributed by atoms with Gasteiger partial charge in [0.05, 0.1) is 11.3 Å². The van der Waals surface area contributed by atoms with Crippen molar-refractivity contribution in [2.75, 3.05) is 11.9 Å². The third kappa shape index (κ3) is 4.66. The largest absolute Gasteiger partial charge is 0.506 e. The van der Waals surface area contributed by atoms with Crippen LogP contribution in [0.5, 0.6) is 5.75 Å². The molecule has 0 aliphatic heterocycles. The second-order valence-corrected chi connectivity index (χ2v) is 5.99. The van der Waals surface area contributed by atoms with Gasteiger partial charge in [-0.25, -0.2) is 9.59 Å². The molecule has 6 nitrogen and oxygen atoms in total. The van der Waals surface area contributed by atoms with Crippen molar-refractivity contribution in [2.45, 2.75) is 27.7 Å². The monoisotopic (exact) mass is 294 g/mol. The average molecular weight is 294 g/mol. The molecule has 4 N–H and O–H groups in total. The number of amides is 2. The highest BCUT2D eigenvalue weighted by Crippen LogP contribution is 2.26. The minimum Gasteiger partial charge on any atom is -0.506 e. The summed E-state index contributed by atoms with van der Waals surface area (Å²) in [5.41, 5.74) is 0.0752. The first-order valence-corrected chi connectivity index (χ1v) is 6.74. The highest BCUT2D eigenvalue weighted by Gasteiger charge is 2.23. The van der Waals surface area contributed by atoms with Gasteiger partial charge in [-0.2, -0.15) is 0 Å².